The molecule has 0 bridgehead atoms. The van der Waals surface area contributed by atoms with E-state index in [4.69, 9.17) is 10.5 Å². The number of nitrogens with zero attached hydrogens (tertiary/aromatic N) is 1. The molecule has 2 aromatic carbocycles. The first-order valence-corrected chi connectivity index (χ1v) is 8.66. The Kier molecular flexibility index (Phi) is 5.11. The van der Waals surface area contributed by atoms with Crippen molar-refractivity contribution in [3.8, 4) is 5.75 Å². The van der Waals surface area contributed by atoms with E-state index in [1.165, 1.54) is 0 Å². The third kappa shape index (κ3) is 3.49. The highest BCUT2D eigenvalue weighted by atomic mass is 16.5. The van der Waals surface area contributed by atoms with E-state index in [2.05, 4.69) is 12.2 Å². The van der Waals surface area contributed by atoms with Crippen molar-refractivity contribution in [1.82, 2.24) is 0 Å². The molecule has 0 saturated carbocycles. The minimum Gasteiger partial charge on any atom is -0.497 e. The van der Waals surface area contributed by atoms with Crippen LogP contribution in [0.5, 0.6) is 5.75 Å². The summed E-state index contributed by atoms with van der Waals surface area (Å²) in [5.41, 5.74) is 8.86. The topological polar surface area (TPSA) is 84.7 Å². The standard InChI is InChI=1S/C20H23N3O3/c1-3-13-6-4-5-7-18(13)23-12-14(10-19(23)24)20(25)22-17-11-15(26-2)8-9-16(17)21/h4-9,11,14H,3,10,12,21H2,1-2H3,(H,22,25). The molecule has 136 valence electrons. The predicted octanol–water partition coefficient (Wildman–Crippen LogP) is 2.83. The van der Waals surface area contributed by atoms with Gasteiger partial charge in [-0.25, -0.2) is 0 Å². The lowest BCUT2D eigenvalue weighted by molar-refractivity contribution is -0.122. The normalized spacial score (nSPS) is 16.6. The van der Waals surface area contributed by atoms with Crippen molar-refractivity contribution in [1.29, 1.82) is 0 Å². The van der Waals surface area contributed by atoms with Gasteiger partial charge in [0.1, 0.15) is 5.75 Å². The van der Waals surface area contributed by atoms with E-state index in [0.717, 1.165) is 17.7 Å². The zero-order valence-corrected chi connectivity index (χ0v) is 15.0. The summed E-state index contributed by atoms with van der Waals surface area (Å²) in [5.74, 6) is -0.0621. The fraction of sp³-hybridized carbons (Fsp3) is 0.300. The molecule has 0 spiro atoms. The van der Waals surface area contributed by atoms with Gasteiger partial charge in [-0.1, -0.05) is 25.1 Å². The van der Waals surface area contributed by atoms with E-state index in [0.29, 0.717) is 23.7 Å². The van der Waals surface area contributed by atoms with E-state index < -0.39 is 5.92 Å². The zero-order chi connectivity index (χ0) is 18.7. The summed E-state index contributed by atoms with van der Waals surface area (Å²) in [6, 6.07) is 12.9. The summed E-state index contributed by atoms with van der Waals surface area (Å²) in [6.45, 7) is 2.42. The monoisotopic (exact) mass is 353 g/mol. The molecule has 26 heavy (non-hydrogen) atoms. The molecule has 1 saturated heterocycles. The highest BCUT2D eigenvalue weighted by Crippen LogP contribution is 2.30. The highest BCUT2D eigenvalue weighted by Gasteiger charge is 2.36. The number of nitrogens with two attached hydrogens (primary N) is 1. The maximum atomic E-state index is 12.7. The number of nitrogen functional groups attached to an aromatic ring is 1. The van der Waals surface area contributed by atoms with Crippen LogP contribution in [0.2, 0.25) is 0 Å². The highest BCUT2D eigenvalue weighted by molar-refractivity contribution is 6.04. The van der Waals surface area contributed by atoms with E-state index >= 15 is 0 Å². The molecule has 2 amide bonds. The molecule has 1 heterocycles. The van der Waals surface area contributed by atoms with Gasteiger partial charge in [-0.3, -0.25) is 9.59 Å². The summed E-state index contributed by atoms with van der Waals surface area (Å²) in [4.78, 5) is 26.8. The maximum Gasteiger partial charge on any atom is 0.229 e. The summed E-state index contributed by atoms with van der Waals surface area (Å²) in [6.07, 6.45) is 1.02. The summed E-state index contributed by atoms with van der Waals surface area (Å²) >= 11 is 0. The number of methoxy groups -OCH3 is 1. The second-order valence-corrected chi connectivity index (χ2v) is 6.33. The van der Waals surface area contributed by atoms with Crippen molar-refractivity contribution in [2.45, 2.75) is 19.8 Å². The van der Waals surface area contributed by atoms with Gasteiger partial charge in [0, 0.05) is 24.7 Å². The van der Waals surface area contributed by atoms with E-state index in [1.54, 1.807) is 30.2 Å². The molecule has 2 aromatic rings. The molecule has 0 aliphatic carbocycles. The van der Waals surface area contributed by atoms with Gasteiger partial charge in [0.15, 0.2) is 0 Å². The molecule has 0 radical (unpaired) electrons. The van der Waals surface area contributed by atoms with Crippen LogP contribution in [0.1, 0.15) is 18.9 Å². The van der Waals surface area contributed by atoms with Crippen molar-refractivity contribution in [3.05, 3.63) is 48.0 Å². The fourth-order valence-corrected chi connectivity index (χ4v) is 3.19. The number of hydrogen-bond donors (Lipinski definition) is 2. The van der Waals surface area contributed by atoms with Crippen LogP contribution in [0.4, 0.5) is 17.1 Å². The molecule has 1 fully saturated rings. The Morgan fingerprint density at radius 3 is 2.81 bits per heavy atom. The van der Waals surface area contributed by atoms with Crippen molar-refractivity contribution in [3.63, 3.8) is 0 Å². The van der Waals surface area contributed by atoms with Crippen LogP contribution in [0.25, 0.3) is 0 Å². The van der Waals surface area contributed by atoms with Crippen LogP contribution in [0, 0.1) is 5.92 Å². The molecule has 1 aliphatic heterocycles. The SMILES string of the molecule is CCc1ccccc1N1CC(C(=O)Nc2cc(OC)ccc2N)CC1=O. The Hall–Kier alpha value is -3.02. The van der Waals surface area contributed by atoms with Gasteiger partial charge < -0.3 is 20.7 Å². The number of anilines is 3. The Labute approximate surface area is 152 Å². The number of benzene rings is 2. The minimum atomic E-state index is -0.419. The molecular formula is C20H23N3O3. The number of carbonyl (C=O) groups is 2. The smallest absolute Gasteiger partial charge is 0.229 e. The third-order valence-corrected chi connectivity index (χ3v) is 4.68. The van der Waals surface area contributed by atoms with Crippen LogP contribution in [-0.4, -0.2) is 25.5 Å². The molecule has 3 N–H and O–H groups in total. The number of nitrogens with one attached hydrogen (secondary N) is 1. The molecule has 1 unspecified atom stereocenters. The van der Waals surface area contributed by atoms with Gasteiger partial charge in [-0.05, 0) is 30.2 Å². The predicted molar refractivity (Wildman–Crippen MR) is 102 cm³/mol. The largest absolute Gasteiger partial charge is 0.497 e. The van der Waals surface area contributed by atoms with Crippen molar-refractivity contribution in [2.24, 2.45) is 5.92 Å². The van der Waals surface area contributed by atoms with Gasteiger partial charge in [0.25, 0.3) is 0 Å². The molecular weight excluding hydrogens is 330 g/mol. The maximum absolute atomic E-state index is 12.7. The number of aryl methyl sites for hydroxylation is 1. The lowest BCUT2D eigenvalue weighted by Gasteiger charge is -2.20. The van der Waals surface area contributed by atoms with Crippen molar-refractivity contribution < 1.29 is 14.3 Å². The first-order chi connectivity index (χ1) is 12.5. The Morgan fingerprint density at radius 2 is 2.08 bits per heavy atom. The lowest BCUT2D eigenvalue weighted by Crippen LogP contribution is -2.29. The zero-order valence-electron chi connectivity index (χ0n) is 15.0. The Bertz CT molecular complexity index is 835. The number of hydrogen-bond acceptors (Lipinski definition) is 4. The number of rotatable bonds is 5. The number of para-hydroxylation sites is 1. The van der Waals surface area contributed by atoms with Crippen LogP contribution < -0.4 is 20.7 Å². The van der Waals surface area contributed by atoms with E-state index in [1.807, 2.05) is 24.3 Å². The van der Waals surface area contributed by atoms with E-state index in [-0.39, 0.29) is 18.2 Å². The Balaban J connectivity index is 1.75. The lowest BCUT2D eigenvalue weighted by atomic mass is 10.1. The molecule has 6 nitrogen and oxygen atoms in total. The summed E-state index contributed by atoms with van der Waals surface area (Å²) in [5, 5.41) is 2.83. The van der Waals surface area contributed by atoms with Crippen LogP contribution in [0.15, 0.2) is 42.5 Å². The fourth-order valence-electron chi connectivity index (χ4n) is 3.19. The van der Waals surface area contributed by atoms with Crippen molar-refractivity contribution in [2.75, 3.05) is 29.6 Å². The summed E-state index contributed by atoms with van der Waals surface area (Å²) < 4.78 is 5.17. The third-order valence-electron chi connectivity index (χ3n) is 4.68. The van der Waals surface area contributed by atoms with Gasteiger partial charge in [-0.15, -0.1) is 0 Å². The first kappa shape index (κ1) is 17.8. The van der Waals surface area contributed by atoms with Crippen LogP contribution >= 0.6 is 0 Å². The summed E-state index contributed by atoms with van der Waals surface area (Å²) in [7, 11) is 1.55. The molecule has 1 atom stereocenters. The number of amides is 2. The number of carbonyl (C=O) groups excluding carboxylic acids is 2. The average molecular weight is 353 g/mol. The van der Waals surface area contributed by atoms with Gasteiger partial charge in [0.05, 0.1) is 24.4 Å². The second-order valence-electron chi connectivity index (χ2n) is 6.33. The average Bonchev–Trinajstić information content (AvgIpc) is 3.05. The molecule has 3 rings (SSSR count). The van der Waals surface area contributed by atoms with Crippen LogP contribution in [0.3, 0.4) is 0 Å². The molecule has 6 heteroatoms. The van der Waals surface area contributed by atoms with Crippen molar-refractivity contribution >= 4 is 28.9 Å². The van der Waals surface area contributed by atoms with Crippen LogP contribution in [-0.2, 0) is 16.0 Å². The van der Waals surface area contributed by atoms with E-state index in [9.17, 15) is 9.59 Å². The van der Waals surface area contributed by atoms with Gasteiger partial charge >= 0.3 is 0 Å². The van der Waals surface area contributed by atoms with Gasteiger partial charge in [-0.2, -0.15) is 0 Å². The van der Waals surface area contributed by atoms with Gasteiger partial charge in [0.2, 0.25) is 11.8 Å². The quantitative estimate of drug-likeness (QED) is 0.810. The second kappa shape index (κ2) is 7.47. The Morgan fingerprint density at radius 1 is 1.31 bits per heavy atom. The molecule has 0 aromatic heterocycles. The first-order valence-electron chi connectivity index (χ1n) is 8.66. The minimum absolute atomic E-state index is 0.0373. The molecule has 1 aliphatic rings. The number of ether oxygens (including phenoxy) is 1.